The van der Waals surface area contributed by atoms with Gasteiger partial charge in [0.2, 0.25) is 5.75 Å². The summed E-state index contributed by atoms with van der Waals surface area (Å²) >= 11 is 0. The van der Waals surface area contributed by atoms with Gasteiger partial charge in [-0.25, -0.2) is 0 Å². The summed E-state index contributed by atoms with van der Waals surface area (Å²) in [6, 6.07) is 3.53. The van der Waals surface area contributed by atoms with E-state index in [0.29, 0.717) is 22.8 Å². The van der Waals surface area contributed by atoms with Crippen molar-refractivity contribution in [1.29, 1.82) is 0 Å². The van der Waals surface area contributed by atoms with Crippen LogP contribution >= 0.6 is 0 Å². The Morgan fingerprint density at radius 3 is 1.82 bits per heavy atom. The van der Waals surface area contributed by atoms with Crippen molar-refractivity contribution >= 4 is 5.78 Å². The summed E-state index contributed by atoms with van der Waals surface area (Å²) in [7, 11) is 4.71. The Morgan fingerprint density at radius 2 is 1.36 bits per heavy atom. The maximum absolute atomic E-state index is 12.8. The van der Waals surface area contributed by atoms with E-state index >= 15 is 0 Å². The van der Waals surface area contributed by atoms with Crippen molar-refractivity contribution in [2.45, 2.75) is 44.9 Å². The fraction of sp³-hybridized carbons (Fsp3) is 0.611. The van der Waals surface area contributed by atoms with Crippen molar-refractivity contribution in [2.24, 2.45) is 5.92 Å². The van der Waals surface area contributed by atoms with E-state index in [-0.39, 0.29) is 11.7 Å². The summed E-state index contributed by atoms with van der Waals surface area (Å²) in [6.45, 7) is 0. The van der Waals surface area contributed by atoms with E-state index in [9.17, 15) is 4.79 Å². The van der Waals surface area contributed by atoms with Crippen molar-refractivity contribution in [3.63, 3.8) is 0 Å². The molecule has 122 valence electrons. The lowest BCUT2D eigenvalue weighted by atomic mass is 9.85. The number of hydrogen-bond donors (Lipinski definition) is 0. The van der Waals surface area contributed by atoms with Gasteiger partial charge < -0.3 is 14.2 Å². The van der Waals surface area contributed by atoms with Crippen LogP contribution in [0.15, 0.2) is 12.1 Å². The lowest BCUT2D eigenvalue weighted by molar-refractivity contribution is 0.0897. The highest BCUT2D eigenvalue weighted by molar-refractivity contribution is 5.99. The normalized spacial score (nSPS) is 16.5. The number of ketones is 1. The Morgan fingerprint density at radius 1 is 0.864 bits per heavy atom. The first kappa shape index (κ1) is 16.7. The lowest BCUT2D eigenvalue weighted by Crippen LogP contribution is -2.16. The molecule has 0 saturated heterocycles. The molecule has 1 aliphatic carbocycles. The highest BCUT2D eigenvalue weighted by Gasteiger charge is 2.24. The van der Waals surface area contributed by atoms with Gasteiger partial charge in [0.15, 0.2) is 17.3 Å². The van der Waals surface area contributed by atoms with Crippen LogP contribution in [0.4, 0.5) is 0 Å². The van der Waals surface area contributed by atoms with Crippen LogP contribution in [0.3, 0.4) is 0 Å². The first-order valence-electron chi connectivity index (χ1n) is 8.05. The van der Waals surface area contributed by atoms with E-state index in [1.165, 1.54) is 19.3 Å². The molecule has 0 heterocycles. The molecule has 22 heavy (non-hydrogen) atoms. The molecule has 0 bridgehead atoms. The number of Topliss-reactive ketones (excluding diaryl/α,β-unsaturated/α-hetero) is 1. The zero-order valence-corrected chi connectivity index (χ0v) is 13.8. The summed E-state index contributed by atoms with van der Waals surface area (Å²) < 4.78 is 16.0. The summed E-state index contributed by atoms with van der Waals surface area (Å²) in [4.78, 5) is 12.8. The van der Waals surface area contributed by atoms with E-state index < -0.39 is 0 Å². The van der Waals surface area contributed by atoms with E-state index in [1.807, 2.05) is 0 Å². The first-order chi connectivity index (χ1) is 10.7. The maximum Gasteiger partial charge on any atom is 0.203 e. The molecule has 0 aliphatic heterocycles. The molecule has 1 aliphatic rings. The van der Waals surface area contributed by atoms with Gasteiger partial charge in [-0.05, 0) is 25.0 Å². The predicted molar refractivity (Wildman–Crippen MR) is 86.2 cm³/mol. The van der Waals surface area contributed by atoms with Crippen molar-refractivity contribution in [3.05, 3.63) is 17.7 Å². The third kappa shape index (κ3) is 3.73. The molecule has 0 amide bonds. The predicted octanol–water partition coefficient (Wildman–Crippen LogP) is 4.26. The lowest BCUT2D eigenvalue weighted by Gasteiger charge is -2.20. The molecule has 0 unspecified atom stereocenters. The topological polar surface area (TPSA) is 44.8 Å². The van der Waals surface area contributed by atoms with Crippen LogP contribution in [0.2, 0.25) is 0 Å². The van der Waals surface area contributed by atoms with E-state index in [2.05, 4.69) is 0 Å². The number of benzene rings is 1. The van der Waals surface area contributed by atoms with Gasteiger partial charge in [0, 0.05) is 11.5 Å². The minimum atomic E-state index is 0.114. The second-order valence-corrected chi connectivity index (χ2v) is 5.82. The zero-order valence-electron chi connectivity index (χ0n) is 13.8. The van der Waals surface area contributed by atoms with E-state index in [0.717, 1.165) is 25.7 Å². The first-order valence-corrected chi connectivity index (χ1v) is 8.05. The van der Waals surface area contributed by atoms with Gasteiger partial charge in [-0.1, -0.05) is 32.1 Å². The molecule has 1 aromatic rings. The highest BCUT2D eigenvalue weighted by atomic mass is 16.5. The molecule has 0 radical (unpaired) electrons. The zero-order chi connectivity index (χ0) is 15.9. The van der Waals surface area contributed by atoms with Crippen LogP contribution < -0.4 is 14.2 Å². The molecule has 0 atom stereocenters. The van der Waals surface area contributed by atoms with Crippen LogP contribution in [0.1, 0.15) is 55.3 Å². The number of carbonyl (C=O) groups excluding carboxylic acids is 1. The van der Waals surface area contributed by atoms with Gasteiger partial charge in [-0.2, -0.15) is 0 Å². The molecule has 4 heteroatoms. The minimum absolute atomic E-state index is 0.114. The Labute approximate surface area is 132 Å². The number of carbonyl (C=O) groups is 1. The number of methoxy groups -OCH3 is 3. The van der Waals surface area contributed by atoms with Gasteiger partial charge in [-0.15, -0.1) is 0 Å². The average Bonchev–Trinajstić information content (AvgIpc) is 2.52. The van der Waals surface area contributed by atoms with Gasteiger partial charge in [0.05, 0.1) is 21.3 Å². The largest absolute Gasteiger partial charge is 0.493 e. The summed E-state index contributed by atoms with van der Waals surface area (Å²) in [5.74, 6) is 1.91. The Kier molecular flexibility index (Phi) is 6.10. The molecular formula is C18H26O4. The van der Waals surface area contributed by atoms with Crippen molar-refractivity contribution in [1.82, 2.24) is 0 Å². The average molecular weight is 306 g/mol. The maximum atomic E-state index is 12.8. The summed E-state index contributed by atoms with van der Waals surface area (Å²) in [5, 5.41) is 0. The molecule has 4 nitrogen and oxygen atoms in total. The monoisotopic (exact) mass is 306 g/mol. The minimum Gasteiger partial charge on any atom is -0.493 e. The standard InChI is InChI=1S/C18H26O4/c1-20-15-11-14(12-16(21-2)18(15)22-3)17(19)13-9-7-5-4-6-8-10-13/h11-13H,4-10H2,1-3H3. The molecule has 0 N–H and O–H groups in total. The third-order valence-electron chi connectivity index (χ3n) is 4.43. The molecular weight excluding hydrogens is 280 g/mol. The molecule has 2 rings (SSSR count). The Hall–Kier alpha value is -1.71. The Bertz CT molecular complexity index is 477. The summed E-state index contributed by atoms with van der Waals surface area (Å²) in [5.41, 5.74) is 0.653. The SMILES string of the molecule is COc1cc(C(=O)C2CCCCCCC2)cc(OC)c1OC. The number of ether oxygens (including phenoxy) is 3. The summed E-state index contributed by atoms with van der Waals surface area (Å²) in [6.07, 6.45) is 8.01. The fourth-order valence-electron chi connectivity index (χ4n) is 3.18. The molecule has 1 fully saturated rings. The third-order valence-corrected chi connectivity index (χ3v) is 4.43. The van der Waals surface area contributed by atoms with Gasteiger partial charge in [0.25, 0.3) is 0 Å². The van der Waals surface area contributed by atoms with Gasteiger partial charge in [-0.3, -0.25) is 4.79 Å². The van der Waals surface area contributed by atoms with Crippen LogP contribution in [0, 0.1) is 5.92 Å². The second kappa shape index (κ2) is 8.06. The van der Waals surface area contributed by atoms with Crippen molar-refractivity contribution < 1.29 is 19.0 Å². The number of hydrogen-bond acceptors (Lipinski definition) is 4. The van der Waals surface area contributed by atoms with Crippen molar-refractivity contribution in [3.8, 4) is 17.2 Å². The van der Waals surface area contributed by atoms with E-state index in [1.54, 1.807) is 33.5 Å². The molecule has 0 aromatic heterocycles. The molecule has 1 saturated carbocycles. The smallest absolute Gasteiger partial charge is 0.203 e. The van der Waals surface area contributed by atoms with Crippen LogP contribution in [0.5, 0.6) is 17.2 Å². The van der Waals surface area contributed by atoms with Crippen LogP contribution in [0.25, 0.3) is 0 Å². The van der Waals surface area contributed by atoms with Crippen LogP contribution in [-0.2, 0) is 0 Å². The quantitative estimate of drug-likeness (QED) is 0.763. The van der Waals surface area contributed by atoms with E-state index in [4.69, 9.17) is 14.2 Å². The van der Waals surface area contributed by atoms with Gasteiger partial charge in [0.1, 0.15) is 0 Å². The number of rotatable bonds is 5. The highest BCUT2D eigenvalue weighted by Crippen LogP contribution is 2.39. The Balaban J connectivity index is 2.28. The molecule has 1 aromatic carbocycles. The van der Waals surface area contributed by atoms with Gasteiger partial charge >= 0.3 is 0 Å². The van der Waals surface area contributed by atoms with Crippen molar-refractivity contribution in [2.75, 3.05) is 21.3 Å². The molecule has 0 spiro atoms. The van der Waals surface area contributed by atoms with Crippen LogP contribution in [-0.4, -0.2) is 27.1 Å². The second-order valence-electron chi connectivity index (χ2n) is 5.82. The fourth-order valence-corrected chi connectivity index (χ4v) is 3.18.